The maximum Gasteiger partial charge on any atom is 0.326 e. The molecule has 3 nitrogen and oxygen atoms in total. The fourth-order valence-corrected chi connectivity index (χ4v) is 2.26. The average molecular weight is 277 g/mol. The molecule has 19 heavy (non-hydrogen) atoms. The van der Waals surface area contributed by atoms with Gasteiger partial charge in [0.25, 0.3) is 0 Å². The highest BCUT2D eigenvalue weighted by Crippen LogP contribution is 2.18. The van der Waals surface area contributed by atoms with Gasteiger partial charge in [-0.15, -0.1) is 0 Å². The van der Waals surface area contributed by atoms with Gasteiger partial charge in [-0.25, -0.2) is 9.18 Å². The van der Waals surface area contributed by atoms with Crippen LogP contribution in [0.5, 0.6) is 0 Å². The third-order valence-corrected chi connectivity index (χ3v) is 3.26. The van der Waals surface area contributed by atoms with Crippen molar-refractivity contribution < 1.29 is 4.39 Å². The highest BCUT2D eigenvalue weighted by Gasteiger charge is 2.09. The summed E-state index contributed by atoms with van der Waals surface area (Å²) in [4.78, 5) is 14.6. The van der Waals surface area contributed by atoms with E-state index in [0.29, 0.717) is 21.6 Å². The van der Waals surface area contributed by atoms with Crippen LogP contribution in [0.2, 0.25) is 5.02 Å². The molecule has 0 aliphatic heterocycles. The van der Waals surface area contributed by atoms with Crippen molar-refractivity contribution in [2.45, 2.75) is 6.54 Å². The first-order chi connectivity index (χ1) is 9.15. The van der Waals surface area contributed by atoms with Crippen LogP contribution in [-0.4, -0.2) is 9.55 Å². The number of nitrogens with zero attached hydrogens (tertiary/aromatic N) is 1. The molecular weight excluding hydrogens is 267 g/mol. The zero-order valence-electron chi connectivity index (χ0n) is 9.86. The fraction of sp³-hybridized carbons (Fsp3) is 0.0714. The molecule has 0 radical (unpaired) electrons. The molecule has 0 aliphatic rings. The minimum absolute atomic E-state index is 0.188. The molecule has 3 aromatic rings. The summed E-state index contributed by atoms with van der Waals surface area (Å²) in [5, 5.41) is 0.548. The predicted molar refractivity (Wildman–Crippen MR) is 73.1 cm³/mol. The highest BCUT2D eigenvalue weighted by molar-refractivity contribution is 6.31. The van der Waals surface area contributed by atoms with E-state index in [2.05, 4.69) is 4.98 Å². The number of rotatable bonds is 2. The van der Waals surface area contributed by atoms with Gasteiger partial charge < -0.3 is 4.98 Å². The smallest absolute Gasteiger partial charge is 0.305 e. The van der Waals surface area contributed by atoms with Gasteiger partial charge in [0.15, 0.2) is 0 Å². The maximum absolute atomic E-state index is 13.6. The van der Waals surface area contributed by atoms with E-state index in [-0.39, 0.29) is 18.1 Å². The Balaban J connectivity index is 2.13. The summed E-state index contributed by atoms with van der Waals surface area (Å²) < 4.78 is 15.1. The van der Waals surface area contributed by atoms with Crippen molar-refractivity contribution in [3.05, 3.63) is 69.4 Å². The molecule has 1 aromatic heterocycles. The van der Waals surface area contributed by atoms with Crippen molar-refractivity contribution in [1.82, 2.24) is 9.55 Å². The Kier molecular flexibility index (Phi) is 2.87. The SMILES string of the molecule is O=c1[nH]c2cc(Cl)ccc2n1Cc1ccccc1F. The summed E-state index contributed by atoms with van der Waals surface area (Å²) >= 11 is 5.87. The Morgan fingerprint density at radius 3 is 2.79 bits per heavy atom. The van der Waals surface area contributed by atoms with E-state index in [0.717, 1.165) is 0 Å². The standard InChI is InChI=1S/C14H10ClFN2O/c15-10-5-6-13-12(7-10)17-14(19)18(13)8-9-3-1-2-4-11(9)16/h1-7H,8H2,(H,17,19). The fourth-order valence-electron chi connectivity index (χ4n) is 2.09. The Morgan fingerprint density at radius 1 is 1.21 bits per heavy atom. The van der Waals surface area contributed by atoms with Crippen LogP contribution in [-0.2, 0) is 6.54 Å². The first kappa shape index (κ1) is 12.0. The summed E-state index contributed by atoms with van der Waals surface area (Å²) in [5.41, 5.74) is 1.55. The molecular formula is C14H10ClFN2O. The quantitative estimate of drug-likeness (QED) is 0.767. The number of nitrogens with one attached hydrogen (secondary N) is 1. The molecule has 2 aromatic carbocycles. The van der Waals surface area contributed by atoms with Gasteiger partial charge in [0.05, 0.1) is 17.6 Å². The monoisotopic (exact) mass is 276 g/mol. The lowest BCUT2D eigenvalue weighted by Gasteiger charge is -2.04. The van der Waals surface area contributed by atoms with Crippen molar-refractivity contribution >= 4 is 22.6 Å². The molecule has 0 fully saturated rings. The second-order valence-corrected chi connectivity index (χ2v) is 4.71. The van der Waals surface area contributed by atoms with E-state index in [1.54, 1.807) is 36.4 Å². The van der Waals surface area contributed by atoms with Gasteiger partial charge in [-0.2, -0.15) is 0 Å². The summed E-state index contributed by atoms with van der Waals surface area (Å²) in [6.07, 6.45) is 0. The average Bonchev–Trinajstić information content (AvgIpc) is 2.68. The van der Waals surface area contributed by atoms with Crippen molar-refractivity contribution in [2.75, 3.05) is 0 Å². The molecule has 0 bridgehead atoms. The lowest BCUT2D eigenvalue weighted by Crippen LogP contribution is -2.17. The van der Waals surface area contributed by atoms with Gasteiger partial charge in [0, 0.05) is 10.6 Å². The number of aromatic amines is 1. The Labute approximate surface area is 113 Å². The summed E-state index contributed by atoms with van der Waals surface area (Å²) in [6.45, 7) is 0.188. The number of hydrogen-bond donors (Lipinski definition) is 1. The molecule has 0 spiro atoms. The van der Waals surface area contributed by atoms with Crippen LogP contribution >= 0.6 is 11.6 Å². The first-order valence-corrected chi connectivity index (χ1v) is 6.14. The number of halogens is 2. The number of aromatic nitrogens is 2. The molecule has 0 saturated heterocycles. The Bertz CT molecular complexity index is 807. The minimum atomic E-state index is -0.322. The van der Waals surface area contributed by atoms with Crippen molar-refractivity contribution in [3.8, 4) is 0 Å². The molecule has 0 amide bonds. The molecule has 5 heteroatoms. The summed E-state index contributed by atoms with van der Waals surface area (Å²) in [6, 6.07) is 11.5. The zero-order chi connectivity index (χ0) is 13.4. The maximum atomic E-state index is 13.6. The van der Waals surface area contributed by atoms with E-state index in [4.69, 9.17) is 11.6 Å². The summed E-state index contributed by atoms with van der Waals surface area (Å²) in [5.74, 6) is -0.322. The lowest BCUT2D eigenvalue weighted by atomic mass is 10.2. The molecule has 1 N–H and O–H groups in total. The van der Waals surface area contributed by atoms with Crippen LogP contribution in [0.25, 0.3) is 11.0 Å². The zero-order valence-corrected chi connectivity index (χ0v) is 10.6. The number of imidazole rings is 1. The number of H-pyrrole nitrogens is 1. The second kappa shape index (κ2) is 4.55. The molecule has 96 valence electrons. The van der Waals surface area contributed by atoms with E-state index in [1.807, 2.05) is 0 Å². The molecule has 3 rings (SSSR count). The Morgan fingerprint density at radius 2 is 2.00 bits per heavy atom. The van der Waals surface area contributed by atoms with Crippen LogP contribution in [0.15, 0.2) is 47.3 Å². The van der Waals surface area contributed by atoms with E-state index in [1.165, 1.54) is 10.6 Å². The second-order valence-electron chi connectivity index (χ2n) is 4.27. The van der Waals surface area contributed by atoms with Crippen LogP contribution in [0.3, 0.4) is 0 Å². The topological polar surface area (TPSA) is 37.8 Å². The van der Waals surface area contributed by atoms with Crippen LogP contribution < -0.4 is 5.69 Å². The van der Waals surface area contributed by atoms with Crippen molar-refractivity contribution in [3.63, 3.8) is 0 Å². The summed E-state index contributed by atoms with van der Waals surface area (Å²) in [7, 11) is 0. The van der Waals surface area contributed by atoms with E-state index < -0.39 is 0 Å². The molecule has 0 unspecified atom stereocenters. The van der Waals surface area contributed by atoms with E-state index in [9.17, 15) is 9.18 Å². The molecule has 0 aliphatic carbocycles. The van der Waals surface area contributed by atoms with Crippen LogP contribution in [0.4, 0.5) is 4.39 Å². The van der Waals surface area contributed by atoms with Gasteiger partial charge in [-0.05, 0) is 24.3 Å². The minimum Gasteiger partial charge on any atom is -0.305 e. The predicted octanol–water partition coefficient (Wildman–Crippen LogP) is 3.17. The normalized spacial score (nSPS) is 11.1. The molecule has 1 heterocycles. The molecule has 0 atom stereocenters. The van der Waals surface area contributed by atoms with Crippen LogP contribution in [0, 0.1) is 5.82 Å². The van der Waals surface area contributed by atoms with Gasteiger partial charge in [-0.3, -0.25) is 4.57 Å². The van der Waals surface area contributed by atoms with Crippen LogP contribution in [0.1, 0.15) is 5.56 Å². The highest BCUT2D eigenvalue weighted by atomic mass is 35.5. The Hall–Kier alpha value is -2.07. The van der Waals surface area contributed by atoms with Crippen molar-refractivity contribution in [1.29, 1.82) is 0 Å². The first-order valence-electron chi connectivity index (χ1n) is 5.76. The number of benzene rings is 2. The lowest BCUT2D eigenvalue weighted by molar-refractivity contribution is 0.599. The largest absolute Gasteiger partial charge is 0.326 e. The third kappa shape index (κ3) is 2.15. The van der Waals surface area contributed by atoms with Crippen molar-refractivity contribution in [2.24, 2.45) is 0 Å². The molecule has 0 saturated carbocycles. The van der Waals surface area contributed by atoms with Gasteiger partial charge in [-0.1, -0.05) is 29.8 Å². The number of fused-ring (bicyclic) bond motifs is 1. The van der Waals surface area contributed by atoms with Gasteiger partial charge in [0.1, 0.15) is 5.82 Å². The number of hydrogen-bond acceptors (Lipinski definition) is 1. The van der Waals surface area contributed by atoms with Gasteiger partial charge >= 0.3 is 5.69 Å². The van der Waals surface area contributed by atoms with E-state index >= 15 is 0 Å². The third-order valence-electron chi connectivity index (χ3n) is 3.02. The van der Waals surface area contributed by atoms with Gasteiger partial charge in [0.2, 0.25) is 0 Å².